The third kappa shape index (κ3) is 3.38. The second-order valence-corrected chi connectivity index (χ2v) is 6.36. The Balaban J connectivity index is 1.42. The molecule has 1 aromatic rings. The third-order valence-electron chi connectivity index (χ3n) is 4.75. The fourth-order valence-corrected chi connectivity index (χ4v) is 3.34. The van der Waals surface area contributed by atoms with E-state index in [0.717, 1.165) is 38.1 Å². The van der Waals surface area contributed by atoms with Gasteiger partial charge < -0.3 is 15.4 Å². The monoisotopic (exact) mass is 288 g/mol. The van der Waals surface area contributed by atoms with Gasteiger partial charge in [0.2, 0.25) is 5.91 Å². The van der Waals surface area contributed by atoms with Gasteiger partial charge in [0.25, 0.3) is 0 Å². The number of carbonyl (C=O) groups is 1. The maximum Gasteiger partial charge on any atom is 0.223 e. The average Bonchev–Trinajstić information content (AvgIpc) is 3.20. The van der Waals surface area contributed by atoms with Gasteiger partial charge in [-0.15, -0.1) is 0 Å². The zero-order valence-electron chi connectivity index (χ0n) is 12.6. The van der Waals surface area contributed by atoms with Gasteiger partial charge in [0, 0.05) is 5.92 Å². The van der Waals surface area contributed by atoms with E-state index in [1.165, 1.54) is 0 Å². The van der Waals surface area contributed by atoms with Crippen LogP contribution in [0.15, 0.2) is 30.3 Å². The molecule has 4 heteroatoms. The second kappa shape index (κ2) is 6.06. The van der Waals surface area contributed by atoms with Gasteiger partial charge in [-0.2, -0.15) is 0 Å². The molecule has 1 heterocycles. The highest BCUT2D eigenvalue weighted by Crippen LogP contribution is 2.58. The molecule has 1 saturated heterocycles. The molecular formula is C17H24N2O2. The fourth-order valence-electron chi connectivity index (χ4n) is 3.34. The second-order valence-electron chi connectivity index (χ2n) is 6.36. The number of carbonyl (C=O) groups excluding carboxylic acids is 1. The number of hydrogen-bond donors (Lipinski definition) is 2. The molecule has 1 aliphatic heterocycles. The van der Waals surface area contributed by atoms with Gasteiger partial charge in [-0.1, -0.05) is 18.2 Å². The Morgan fingerprint density at radius 3 is 2.81 bits per heavy atom. The summed E-state index contributed by atoms with van der Waals surface area (Å²) >= 11 is 0. The zero-order valence-corrected chi connectivity index (χ0v) is 12.6. The van der Waals surface area contributed by atoms with E-state index in [1.807, 2.05) is 37.3 Å². The molecule has 2 atom stereocenters. The van der Waals surface area contributed by atoms with Crippen LogP contribution in [0.4, 0.5) is 0 Å². The number of hydrogen-bond acceptors (Lipinski definition) is 3. The lowest BCUT2D eigenvalue weighted by Gasteiger charge is -2.23. The first-order valence-corrected chi connectivity index (χ1v) is 7.90. The predicted molar refractivity (Wildman–Crippen MR) is 82.2 cm³/mol. The van der Waals surface area contributed by atoms with Crippen LogP contribution in [0, 0.1) is 11.3 Å². The summed E-state index contributed by atoms with van der Waals surface area (Å²) in [6.07, 6.45) is 3.33. The Kier molecular flexibility index (Phi) is 4.15. The number of nitrogens with one attached hydrogen (secondary N) is 2. The molecule has 1 saturated carbocycles. The molecule has 0 radical (unpaired) electrons. The summed E-state index contributed by atoms with van der Waals surface area (Å²) < 4.78 is 5.78. The molecule has 1 aliphatic carbocycles. The van der Waals surface area contributed by atoms with Crippen LogP contribution in [-0.4, -0.2) is 31.6 Å². The highest BCUT2D eigenvalue weighted by molar-refractivity contribution is 5.82. The first kappa shape index (κ1) is 14.4. The lowest BCUT2D eigenvalue weighted by atomic mass is 9.92. The largest absolute Gasteiger partial charge is 0.489 e. The summed E-state index contributed by atoms with van der Waals surface area (Å²) in [6, 6.07) is 9.73. The van der Waals surface area contributed by atoms with Gasteiger partial charge in [-0.25, -0.2) is 0 Å². The van der Waals surface area contributed by atoms with E-state index < -0.39 is 0 Å². The minimum Gasteiger partial charge on any atom is -0.489 e. The topological polar surface area (TPSA) is 50.4 Å². The number of amides is 1. The van der Waals surface area contributed by atoms with Gasteiger partial charge in [-0.3, -0.25) is 4.79 Å². The van der Waals surface area contributed by atoms with E-state index in [0.29, 0.717) is 12.0 Å². The molecule has 4 nitrogen and oxygen atoms in total. The van der Waals surface area contributed by atoms with Crippen molar-refractivity contribution in [2.75, 3.05) is 19.6 Å². The van der Waals surface area contributed by atoms with Crippen LogP contribution < -0.4 is 15.4 Å². The lowest BCUT2D eigenvalue weighted by molar-refractivity contribution is -0.123. The molecular weight excluding hydrogens is 264 g/mol. The van der Waals surface area contributed by atoms with Crippen molar-refractivity contribution in [3.63, 3.8) is 0 Å². The molecule has 2 unspecified atom stereocenters. The van der Waals surface area contributed by atoms with E-state index in [2.05, 4.69) is 10.6 Å². The lowest BCUT2D eigenvalue weighted by Crippen LogP contribution is -2.37. The van der Waals surface area contributed by atoms with Crippen molar-refractivity contribution in [2.45, 2.75) is 32.3 Å². The number of piperidine rings is 1. The molecule has 114 valence electrons. The molecule has 0 bridgehead atoms. The molecule has 1 amide bonds. The Morgan fingerprint density at radius 2 is 2.10 bits per heavy atom. The van der Waals surface area contributed by atoms with Crippen molar-refractivity contribution in [3.05, 3.63) is 30.3 Å². The van der Waals surface area contributed by atoms with Gasteiger partial charge >= 0.3 is 0 Å². The van der Waals surface area contributed by atoms with Crippen LogP contribution in [0.1, 0.15) is 26.2 Å². The highest BCUT2D eigenvalue weighted by Gasteiger charge is 2.57. The van der Waals surface area contributed by atoms with Crippen LogP contribution in [0.3, 0.4) is 0 Å². The summed E-state index contributed by atoms with van der Waals surface area (Å²) in [5, 5.41) is 6.42. The molecule has 2 N–H and O–H groups in total. The van der Waals surface area contributed by atoms with E-state index in [4.69, 9.17) is 4.74 Å². The van der Waals surface area contributed by atoms with Crippen LogP contribution in [0.5, 0.6) is 5.75 Å². The average molecular weight is 288 g/mol. The van der Waals surface area contributed by atoms with E-state index >= 15 is 0 Å². The summed E-state index contributed by atoms with van der Waals surface area (Å²) in [6.45, 7) is 4.66. The predicted octanol–water partition coefficient (Wildman–Crippen LogP) is 1.96. The van der Waals surface area contributed by atoms with Crippen molar-refractivity contribution in [2.24, 2.45) is 11.3 Å². The SMILES string of the molecule is CC(CNC(=O)C1CC12CCNCC2)Oc1ccccc1. The molecule has 1 spiro atoms. The molecule has 1 aromatic carbocycles. The summed E-state index contributed by atoms with van der Waals surface area (Å²) in [5.74, 6) is 1.28. The quantitative estimate of drug-likeness (QED) is 0.871. The van der Waals surface area contributed by atoms with Gasteiger partial charge in [0.1, 0.15) is 11.9 Å². The van der Waals surface area contributed by atoms with Crippen LogP contribution >= 0.6 is 0 Å². The number of benzene rings is 1. The molecule has 2 aliphatic rings. The first-order chi connectivity index (χ1) is 10.2. The molecule has 0 aromatic heterocycles. The standard InChI is InChI=1S/C17H24N2O2/c1-13(21-14-5-3-2-4-6-14)12-19-16(20)15-11-17(15)7-9-18-10-8-17/h2-6,13,15,18H,7-12H2,1H3,(H,19,20). The number of rotatable bonds is 5. The smallest absolute Gasteiger partial charge is 0.223 e. The van der Waals surface area contributed by atoms with Gasteiger partial charge in [-0.05, 0) is 56.8 Å². The van der Waals surface area contributed by atoms with Crippen molar-refractivity contribution < 1.29 is 9.53 Å². The van der Waals surface area contributed by atoms with Gasteiger partial charge in [0.15, 0.2) is 0 Å². The van der Waals surface area contributed by atoms with E-state index in [9.17, 15) is 4.79 Å². The zero-order chi connectivity index (χ0) is 14.7. The van der Waals surface area contributed by atoms with E-state index in [-0.39, 0.29) is 17.9 Å². The van der Waals surface area contributed by atoms with Gasteiger partial charge in [0.05, 0.1) is 6.54 Å². The summed E-state index contributed by atoms with van der Waals surface area (Å²) in [7, 11) is 0. The van der Waals surface area contributed by atoms with E-state index in [1.54, 1.807) is 0 Å². The van der Waals surface area contributed by atoms with Crippen molar-refractivity contribution >= 4 is 5.91 Å². The third-order valence-corrected chi connectivity index (χ3v) is 4.75. The van der Waals surface area contributed by atoms with Crippen LogP contribution in [0.25, 0.3) is 0 Å². The minimum atomic E-state index is -0.0147. The Labute approximate surface area is 126 Å². The molecule has 3 rings (SSSR count). The maximum atomic E-state index is 12.2. The summed E-state index contributed by atoms with van der Waals surface area (Å²) in [4.78, 5) is 12.2. The number of ether oxygens (including phenoxy) is 1. The molecule has 2 fully saturated rings. The van der Waals surface area contributed by atoms with Crippen molar-refractivity contribution in [3.8, 4) is 5.75 Å². The first-order valence-electron chi connectivity index (χ1n) is 7.90. The van der Waals surface area contributed by atoms with Crippen molar-refractivity contribution in [1.29, 1.82) is 0 Å². The van der Waals surface area contributed by atoms with Crippen LogP contribution in [0.2, 0.25) is 0 Å². The summed E-state index contributed by atoms with van der Waals surface area (Å²) in [5.41, 5.74) is 0.304. The highest BCUT2D eigenvalue weighted by atomic mass is 16.5. The Morgan fingerprint density at radius 1 is 1.38 bits per heavy atom. The Bertz CT molecular complexity index is 483. The minimum absolute atomic E-state index is 0.0147. The molecule has 21 heavy (non-hydrogen) atoms. The number of para-hydroxylation sites is 1. The normalized spacial score (nSPS) is 24.3. The van der Waals surface area contributed by atoms with Crippen molar-refractivity contribution in [1.82, 2.24) is 10.6 Å². The maximum absolute atomic E-state index is 12.2. The Hall–Kier alpha value is -1.55. The fraction of sp³-hybridized carbons (Fsp3) is 0.588. The van der Waals surface area contributed by atoms with Crippen LogP contribution in [-0.2, 0) is 4.79 Å².